The molecule has 0 saturated carbocycles. The Balaban J connectivity index is 2.37. The summed E-state index contributed by atoms with van der Waals surface area (Å²) in [5.74, 6) is 8.37. The Kier molecular flexibility index (Phi) is 6.95. The molecule has 0 bridgehead atoms. The minimum Gasteiger partial charge on any atom is -0.495 e. The lowest BCUT2D eigenvalue weighted by Crippen LogP contribution is -1.95. The van der Waals surface area contributed by atoms with Crippen LogP contribution in [0.3, 0.4) is 0 Å². The second kappa shape index (κ2) is 9.40. The zero-order chi connectivity index (χ0) is 18.9. The maximum Gasteiger partial charge on any atom is 0.203 e. The van der Waals surface area contributed by atoms with E-state index in [1.54, 1.807) is 28.4 Å². The van der Waals surface area contributed by atoms with Crippen LogP contribution in [0, 0.1) is 11.8 Å². The first-order chi connectivity index (χ1) is 12.7. The van der Waals surface area contributed by atoms with Crippen molar-refractivity contribution >= 4 is 12.2 Å². The van der Waals surface area contributed by atoms with Crippen LogP contribution in [-0.4, -0.2) is 35.0 Å². The molecule has 0 amide bonds. The third-order valence-corrected chi connectivity index (χ3v) is 3.70. The fourth-order valence-corrected chi connectivity index (χ4v) is 2.46. The van der Waals surface area contributed by atoms with Crippen molar-refractivity contribution in [3.05, 3.63) is 47.0 Å². The first-order valence-corrected chi connectivity index (χ1v) is 8.01. The van der Waals surface area contributed by atoms with E-state index in [1.165, 1.54) is 0 Å². The van der Waals surface area contributed by atoms with Crippen molar-refractivity contribution in [3.8, 4) is 34.8 Å². The van der Waals surface area contributed by atoms with Crippen LogP contribution in [0.15, 0.2) is 30.3 Å². The number of benzene rings is 2. The van der Waals surface area contributed by atoms with Crippen LogP contribution in [0.2, 0.25) is 0 Å². The van der Waals surface area contributed by atoms with Crippen molar-refractivity contribution in [2.75, 3.05) is 35.0 Å². The molecule has 26 heavy (non-hydrogen) atoms. The molecule has 0 aliphatic rings. The van der Waals surface area contributed by atoms with Crippen LogP contribution in [0.5, 0.6) is 23.0 Å². The summed E-state index contributed by atoms with van der Waals surface area (Å²) in [5.41, 5.74) is 8.16. The SMILES string of the molecule is COc1ccc(C=Cc2cc(OC)c(OC)c(OC)c2)cc1C#CCN. The van der Waals surface area contributed by atoms with Gasteiger partial charge in [-0.15, -0.1) is 0 Å². The van der Waals surface area contributed by atoms with Gasteiger partial charge in [-0.1, -0.05) is 30.1 Å². The largest absolute Gasteiger partial charge is 0.495 e. The van der Waals surface area contributed by atoms with Gasteiger partial charge < -0.3 is 24.7 Å². The summed E-state index contributed by atoms with van der Waals surface area (Å²) < 4.78 is 21.4. The molecular formula is C21H23NO4. The molecule has 2 rings (SSSR count). The van der Waals surface area contributed by atoms with E-state index < -0.39 is 0 Å². The Morgan fingerprint density at radius 1 is 0.808 bits per heavy atom. The molecule has 0 fully saturated rings. The van der Waals surface area contributed by atoms with Crippen LogP contribution in [0.25, 0.3) is 12.2 Å². The molecule has 5 heteroatoms. The van der Waals surface area contributed by atoms with Gasteiger partial charge in [0.2, 0.25) is 5.75 Å². The van der Waals surface area contributed by atoms with Crippen molar-refractivity contribution in [2.45, 2.75) is 0 Å². The van der Waals surface area contributed by atoms with E-state index >= 15 is 0 Å². The van der Waals surface area contributed by atoms with Gasteiger partial charge in [0.25, 0.3) is 0 Å². The van der Waals surface area contributed by atoms with Crippen molar-refractivity contribution < 1.29 is 18.9 Å². The van der Waals surface area contributed by atoms with E-state index in [0.717, 1.165) is 22.4 Å². The summed E-state index contributed by atoms with van der Waals surface area (Å²) in [6.07, 6.45) is 3.94. The quantitative estimate of drug-likeness (QED) is 0.638. The predicted octanol–water partition coefficient (Wildman–Crippen LogP) is 3.20. The molecule has 0 aliphatic heterocycles. The van der Waals surface area contributed by atoms with E-state index in [2.05, 4.69) is 11.8 Å². The fraction of sp³-hybridized carbons (Fsp3) is 0.238. The Morgan fingerprint density at radius 2 is 1.42 bits per heavy atom. The molecule has 2 aromatic carbocycles. The first-order valence-electron chi connectivity index (χ1n) is 8.01. The van der Waals surface area contributed by atoms with Gasteiger partial charge in [0.1, 0.15) is 5.75 Å². The zero-order valence-corrected chi connectivity index (χ0v) is 15.5. The average Bonchev–Trinajstić information content (AvgIpc) is 2.69. The van der Waals surface area contributed by atoms with Crippen molar-refractivity contribution in [3.63, 3.8) is 0 Å². The molecule has 0 aromatic heterocycles. The van der Waals surface area contributed by atoms with E-state index in [1.807, 2.05) is 42.5 Å². The van der Waals surface area contributed by atoms with Gasteiger partial charge in [-0.25, -0.2) is 0 Å². The summed E-state index contributed by atoms with van der Waals surface area (Å²) in [7, 11) is 6.39. The number of nitrogens with two attached hydrogens (primary N) is 1. The number of rotatable bonds is 6. The molecule has 0 radical (unpaired) electrons. The highest BCUT2D eigenvalue weighted by atomic mass is 16.5. The summed E-state index contributed by atoms with van der Waals surface area (Å²) in [6, 6.07) is 9.57. The molecule has 2 aromatic rings. The maximum atomic E-state index is 5.46. The monoisotopic (exact) mass is 353 g/mol. The molecule has 0 unspecified atom stereocenters. The Morgan fingerprint density at radius 3 is 1.96 bits per heavy atom. The van der Waals surface area contributed by atoms with Gasteiger partial charge in [-0.3, -0.25) is 0 Å². The van der Waals surface area contributed by atoms with Crippen LogP contribution in [-0.2, 0) is 0 Å². The molecule has 0 atom stereocenters. The summed E-state index contributed by atoms with van der Waals surface area (Å²) >= 11 is 0. The summed E-state index contributed by atoms with van der Waals surface area (Å²) in [6.45, 7) is 0.300. The number of methoxy groups -OCH3 is 4. The van der Waals surface area contributed by atoms with Crippen molar-refractivity contribution in [1.29, 1.82) is 0 Å². The van der Waals surface area contributed by atoms with Crippen molar-refractivity contribution in [1.82, 2.24) is 0 Å². The van der Waals surface area contributed by atoms with Crippen LogP contribution >= 0.6 is 0 Å². The predicted molar refractivity (Wildman–Crippen MR) is 104 cm³/mol. The Hall–Kier alpha value is -3.10. The van der Waals surface area contributed by atoms with Gasteiger partial charge in [0.15, 0.2) is 11.5 Å². The van der Waals surface area contributed by atoms with Gasteiger partial charge in [0.05, 0.1) is 40.5 Å². The third kappa shape index (κ3) is 4.50. The molecule has 5 nitrogen and oxygen atoms in total. The minimum atomic E-state index is 0.300. The highest BCUT2D eigenvalue weighted by molar-refractivity contribution is 5.73. The minimum absolute atomic E-state index is 0.300. The van der Waals surface area contributed by atoms with Crippen LogP contribution < -0.4 is 24.7 Å². The lowest BCUT2D eigenvalue weighted by molar-refractivity contribution is 0.324. The van der Waals surface area contributed by atoms with Gasteiger partial charge in [-0.05, 0) is 35.4 Å². The zero-order valence-electron chi connectivity index (χ0n) is 15.5. The van der Waals surface area contributed by atoms with E-state index in [9.17, 15) is 0 Å². The Labute approximate surface area is 154 Å². The molecule has 0 heterocycles. The fourth-order valence-electron chi connectivity index (χ4n) is 2.46. The molecular weight excluding hydrogens is 330 g/mol. The lowest BCUT2D eigenvalue weighted by Gasteiger charge is -2.12. The summed E-state index contributed by atoms with van der Waals surface area (Å²) in [4.78, 5) is 0. The third-order valence-electron chi connectivity index (χ3n) is 3.70. The average molecular weight is 353 g/mol. The number of hydrogen-bond acceptors (Lipinski definition) is 5. The second-order valence-corrected chi connectivity index (χ2v) is 5.26. The highest BCUT2D eigenvalue weighted by Crippen LogP contribution is 2.38. The van der Waals surface area contributed by atoms with E-state index in [4.69, 9.17) is 24.7 Å². The molecule has 136 valence electrons. The highest BCUT2D eigenvalue weighted by Gasteiger charge is 2.12. The normalized spacial score (nSPS) is 10.2. The van der Waals surface area contributed by atoms with Crippen LogP contribution in [0.4, 0.5) is 0 Å². The first kappa shape index (κ1) is 19.2. The molecule has 0 spiro atoms. The number of ether oxygens (including phenoxy) is 4. The molecule has 0 saturated heterocycles. The van der Waals surface area contributed by atoms with E-state index in [0.29, 0.717) is 23.8 Å². The Bertz CT molecular complexity index is 822. The second-order valence-electron chi connectivity index (χ2n) is 5.26. The molecule has 0 aliphatic carbocycles. The standard InChI is InChI=1S/C21H23NO4/c1-23-18-10-9-15(12-17(18)6-5-11-22)7-8-16-13-19(24-2)21(26-4)20(14-16)25-3/h7-10,12-14H,11,22H2,1-4H3. The summed E-state index contributed by atoms with van der Waals surface area (Å²) in [5, 5.41) is 0. The number of hydrogen-bond donors (Lipinski definition) is 1. The lowest BCUT2D eigenvalue weighted by atomic mass is 10.1. The van der Waals surface area contributed by atoms with Gasteiger partial charge in [-0.2, -0.15) is 0 Å². The molecule has 2 N–H and O–H groups in total. The maximum absolute atomic E-state index is 5.46. The van der Waals surface area contributed by atoms with Crippen LogP contribution in [0.1, 0.15) is 16.7 Å². The van der Waals surface area contributed by atoms with Crippen molar-refractivity contribution in [2.24, 2.45) is 5.73 Å². The topological polar surface area (TPSA) is 62.9 Å². The van der Waals surface area contributed by atoms with E-state index in [-0.39, 0.29) is 0 Å². The van der Waals surface area contributed by atoms with Gasteiger partial charge >= 0.3 is 0 Å². The smallest absolute Gasteiger partial charge is 0.203 e. The van der Waals surface area contributed by atoms with Gasteiger partial charge in [0, 0.05) is 0 Å².